The van der Waals surface area contributed by atoms with E-state index in [1.165, 1.54) is 12.1 Å². The molecule has 0 amide bonds. The van der Waals surface area contributed by atoms with E-state index in [1.54, 1.807) is 0 Å². The molecule has 78 valence electrons. The van der Waals surface area contributed by atoms with Gasteiger partial charge in [0.1, 0.15) is 19.0 Å². The molecule has 0 saturated carbocycles. The second-order valence-corrected chi connectivity index (χ2v) is 3.26. The molecule has 0 unspecified atom stereocenters. The predicted octanol–water partition coefficient (Wildman–Crippen LogP) is 2.63. The van der Waals surface area contributed by atoms with Gasteiger partial charge >= 0.3 is 0 Å². The van der Waals surface area contributed by atoms with Gasteiger partial charge in [0.15, 0.2) is 0 Å². The highest BCUT2D eigenvalue weighted by atomic mass is 35.5. The smallest absolute Gasteiger partial charge is 0.140 e. The molecule has 3 nitrogen and oxygen atoms in total. The van der Waals surface area contributed by atoms with E-state index in [4.69, 9.17) is 33.8 Å². The molecule has 6 heteroatoms. The number of halogens is 3. The zero-order chi connectivity index (χ0) is 10.6. The molecule has 0 bridgehead atoms. The van der Waals surface area contributed by atoms with Crippen molar-refractivity contribution in [3.63, 3.8) is 0 Å². The number of hydrogen-bond acceptors (Lipinski definition) is 3. The standard InChI is InChI=1S/C8H9Cl2FN2O/c9-5-3-6(10)8(14-2-1-11)4-7(5)13-12/h3-4,13H,1-2,12H2. The van der Waals surface area contributed by atoms with Crippen molar-refractivity contribution in [3.8, 4) is 5.75 Å². The molecular formula is C8H9Cl2FN2O. The minimum Gasteiger partial charge on any atom is -0.489 e. The maximum atomic E-state index is 11.8. The third-order valence-corrected chi connectivity index (χ3v) is 2.12. The van der Waals surface area contributed by atoms with E-state index in [0.29, 0.717) is 21.5 Å². The van der Waals surface area contributed by atoms with Crippen LogP contribution >= 0.6 is 23.2 Å². The first-order valence-corrected chi connectivity index (χ1v) is 4.59. The second kappa shape index (κ2) is 5.24. The number of anilines is 1. The van der Waals surface area contributed by atoms with E-state index in [1.807, 2.05) is 0 Å². The first-order chi connectivity index (χ1) is 6.69. The van der Waals surface area contributed by atoms with Crippen molar-refractivity contribution in [2.45, 2.75) is 0 Å². The van der Waals surface area contributed by atoms with Crippen molar-refractivity contribution in [1.82, 2.24) is 0 Å². The fourth-order valence-corrected chi connectivity index (χ4v) is 1.39. The number of hydrazine groups is 1. The normalized spacial score (nSPS) is 10.0. The van der Waals surface area contributed by atoms with Crippen LogP contribution in [0.2, 0.25) is 10.0 Å². The average molecular weight is 239 g/mol. The summed E-state index contributed by atoms with van der Waals surface area (Å²) in [5.41, 5.74) is 2.85. The lowest BCUT2D eigenvalue weighted by atomic mass is 10.3. The van der Waals surface area contributed by atoms with E-state index >= 15 is 0 Å². The van der Waals surface area contributed by atoms with Crippen LogP contribution in [0.25, 0.3) is 0 Å². The highest BCUT2D eigenvalue weighted by molar-refractivity contribution is 6.37. The summed E-state index contributed by atoms with van der Waals surface area (Å²) in [6.07, 6.45) is 0. The van der Waals surface area contributed by atoms with Crippen LogP contribution in [0.1, 0.15) is 0 Å². The van der Waals surface area contributed by atoms with Crippen molar-refractivity contribution in [2.75, 3.05) is 18.7 Å². The van der Waals surface area contributed by atoms with E-state index in [2.05, 4.69) is 5.43 Å². The quantitative estimate of drug-likeness (QED) is 0.627. The Bertz CT molecular complexity index is 322. The molecule has 0 aliphatic heterocycles. The Hall–Kier alpha value is -0.710. The summed E-state index contributed by atoms with van der Waals surface area (Å²) < 4.78 is 16.9. The van der Waals surface area contributed by atoms with E-state index in [9.17, 15) is 4.39 Å². The maximum absolute atomic E-state index is 11.8. The van der Waals surface area contributed by atoms with Crippen LogP contribution in [0.5, 0.6) is 5.75 Å². The van der Waals surface area contributed by atoms with Gasteiger partial charge in [0.2, 0.25) is 0 Å². The number of nitrogens with one attached hydrogen (secondary N) is 1. The number of rotatable bonds is 4. The third-order valence-electron chi connectivity index (χ3n) is 1.51. The fraction of sp³-hybridized carbons (Fsp3) is 0.250. The Morgan fingerprint density at radius 3 is 2.64 bits per heavy atom. The lowest BCUT2D eigenvalue weighted by molar-refractivity contribution is 0.273. The zero-order valence-corrected chi connectivity index (χ0v) is 8.70. The zero-order valence-electron chi connectivity index (χ0n) is 7.19. The second-order valence-electron chi connectivity index (χ2n) is 2.44. The SMILES string of the molecule is NNc1cc(OCCF)c(Cl)cc1Cl. The molecule has 0 aromatic heterocycles. The first-order valence-electron chi connectivity index (χ1n) is 3.83. The summed E-state index contributed by atoms with van der Waals surface area (Å²) in [6.45, 7) is -0.629. The van der Waals surface area contributed by atoms with Gasteiger partial charge in [0.25, 0.3) is 0 Å². The molecule has 0 aliphatic rings. The van der Waals surface area contributed by atoms with Crippen molar-refractivity contribution >= 4 is 28.9 Å². The molecule has 1 aromatic carbocycles. The third kappa shape index (κ3) is 2.64. The van der Waals surface area contributed by atoms with Crippen LogP contribution < -0.4 is 16.0 Å². The number of alkyl halides is 1. The Balaban J connectivity index is 2.92. The molecule has 0 heterocycles. The maximum Gasteiger partial charge on any atom is 0.140 e. The van der Waals surface area contributed by atoms with Crippen LogP contribution in [-0.4, -0.2) is 13.3 Å². The van der Waals surface area contributed by atoms with Gasteiger partial charge in [-0.3, -0.25) is 5.84 Å². The van der Waals surface area contributed by atoms with E-state index in [-0.39, 0.29) is 6.61 Å². The van der Waals surface area contributed by atoms with Crippen molar-refractivity contribution < 1.29 is 9.13 Å². The number of ether oxygens (including phenoxy) is 1. The summed E-state index contributed by atoms with van der Waals surface area (Å²) in [4.78, 5) is 0. The fourth-order valence-electron chi connectivity index (χ4n) is 0.899. The van der Waals surface area contributed by atoms with Crippen LogP contribution in [0.15, 0.2) is 12.1 Å². The van der Waals surface area contributed by atoms with E-state index < -0.39 is 6.67 Å². The molecule has 0 spiro atoms. The average Bonchev–Trinajstić information content (AvgIpc) is 2.17. The summed E-state index contributed by atoms with van der Waals surface area (Å²) >= 11 is 11.6. The van der Waals surface area contributed by atoms with Gasteiger partial charge in [-0.1, -0.05) is 23.2 Å². The Morgan fingerprint density at radius 1 is 1.36 bits per heavy atom. The predicted molar refractivity (Wildman–Crippen MR) is 55.7 cm³/mol. The van der Waals surface area contributed by atoms with Crippen LogP contribution in [0.4, 0.5) is 10.1 Å². The van der Waals surface area contributed by atoms with Gasteiger partial charge in [-0.15, -0.1) is 0 Å². The minimum atomic E-state index is -0.579. The molecule has 1 rings (SSSR count). The van der Waals surface area contributed by atoms with Crippen molar-refractivity contribution in [1.29, 1.82) is 0 Å². The summed E-state index contributed by atoms with van der Waals surface area (Å²) in [5, 5.41) is 0.701. The molecule has 14 heavy (non-hydrogen) atoms. The van der Waals surface area contributed by atoms with Gasteiger partial charge in [0.05, 0.1) is 15.7 Å². The molecule has 0 fully saturated rings. The number of nitrogen functional groups attached to an aromatic ring is 1. The van der Waals surface area contributed by atoms with E-state index in [0.717, 1.165) is 0 Å². The number of benzene rings is 1. The molecule has 0 saturated heterocycles. The lowest BCUT2D eigenvalue weighted by Crippen LogP contribution is -2.08. The Morgan fingerprint density at radius 2 is 2.07 bits per heavy atom. The van der Waals surface area contributed by atoms with Crippen molar-refractivity contribution in [3.05, 3.63) is 22.2 Å². The lowest BCUT2D eigenvalue weighted by Gasteiger charge is -2.09. The van der Waals surface area contributed by atoms with Gasteiger partial charge in [-0.2, -0.15) is 0 Å². The minimum absolute atomic E-state index is 0.0502. The highest BCUT2D eigenvalue weighted by Gasteiger charge is 2.07. The van der Waals surface area contributed by atoms with Gasteiger partial charge in [-0.05, 0) is 6.07 Å². The highest BCUT2D eigenvalue weighted by Crippen LogP contribution is 2.33. The summed E-state index contributed by atoms with van der Waals surface area (Å²) in [6, 6.07) is 2.99. The van der Waals surface area contributed by atoms with Crippen LogP contribution in [0.3, 0.4) is 0 Å². The monoisotopic (exact) mass is 238 g/mol. The topological polar surface area (TPSA) is 47.3 Å². The molecule has 0 radical (unpaired) electrons. The van der Waals surface area contributed by atoms with Gasteiger partial charge in [-0.25, -0.2) is 4.39 Å². The molecular weight excluding hydrogens is 230 g/mol. The van der Waals surface area contributed by atoms with Crippen molar-refractivity contribution in [2.24, 2.45) is 5.84 Å². The summed E-state index contributed by atoms with van der Waals surface area (Å²) in [5.74, 6) is 5.54. The largest absolute Gasteiger partial charge is 0.489 e. The first kappa shape index (κ1) is 11.4. The Labute approximate surface area is 90.9 Å². The number of nitrogens with two attached hydrogens (primary N) is 1. The summed E-state index contributed by atoms with van der Waals surface area (Å²) in [7, 11) is 0. The molecule has 0 aliphatic carbocycles. The number of hydrogen-bond donors (Lipinski definition) is 2. The Kier molecular flexibility index (Phi) is 4.25. The van der Waals surface area contributed by atoms with Gasteiger partial charge in [0, 0.05) is 6.07 Å². The molecule has 1 aromatic rings. The van der Waals surface area contributed by atoms with Crippen LogP contribution in [-0.2, 0) is 0 Å². The van der Waals surface area contributed by atoms with Gasteiger partial charge < -0.3 is 10.2 Å². The molecule has 0 atom stereocenters. The van der Waals surface area contributed by atoms with Crippen LogP contribution in [0, 0.1) is 0 Å². The molecule has 3 N–H and O–H groups in total.